The van der Waals surface area contributed by atoms with Crippen LogP contribution in [-0.2, 0) is 4.79 Å². The Morgan fingerprint density at radius 1 is 1.38 bits per heavy atom. The molecule has 21 heavy (non-hydrogen) atoms. The Morgan fingerprint density at radius 2 is 2.00 bits per heavy atom. The van der Waals surface area contributed by atoms with Gasteiger partial charge in [0.15, 0.2) is 0 Å². The largest absolute Gasteiger partial charge is 0.481 e. The minimum absolute atomic E-state index is 0.253. The quantitative estimate of drug-likeness (QED) is 0.902. The number of rotatable bonds is 3. The molecule has 4 nitrogen and oxygen atoms in total. The number of carbonyl (C=O) groups is 2. The monoisotopic (exact) mass is 357 g/mol. The lowest BCUT2D eigenvalue weighted by molar-refractivity contribution is -0.152. The van der Waals surface area contributed by atoms with Crippen molar-refractivity contribution in [2.45, 2.75) is 26.2 Å². The van der Waals surface area contributed by atoms with Gasteiger partial charge in [0.1, 0.15) is 5.82 Å². The molecule has 6 heteroatoms. The van der Waals surface area contributed by atoms with Crippen molar-refractivity contribution >= 4 is 27.8 Å². The fourth-order valence-corrected chi connectivity index (χ4v) is 2.91. The topological polar surface area (TPSA) is 57.6 Å². The van der Waals surface area contributed by atoms with Crippen LogP contribution in [0.2, 0.25) is 0 Å². The van der Waals surface area contributed by atoms with Gasteiger partial charge in [0.25, 0.3) is 5.91 Å². The lowest BCUT2D eigenvalue weighted by Crippen LogP contribution is -2.46. The van der Waals surface area contributed by atoms with Gasteiger partial charge >= 0.3 is 5.97 Å². The summed E-state index contributed by atoms with van der Waals surface area (Å²) in [5, 5.41) is 9.34. The van der Waals surface area contributed by atoms with Gasteiger partial charge in [0, 0.05) is 18.7 Å². The normalized spacial score (nSPS) is 17.6. The Labute approximate surface area is 131 Å². The number of carbonyl (C=O) groups excluding carboxylic acids is 1. The first-order valence-corrected chi connectivity index (χ1v) is 7.66. The van der Waals surface area contributed by atoms with Crippen LogP contribution in [0.15, 0.2) is 22.7 Å². The minimum Gasteiger partial charge on any atom is -0.481 e. The molecular formula is C15H17BrFNO3. The lowest BCUT2D eigenvalue weighted by atomic mass is 9.76. The summed E-state index contributed by atoms with van der Waals surface area (Å²) in [7, 11) is 0. The lowest BCUT2D eigenvalue weighted by Gasteiger charge is -2.38. The van der Waals surface area contributed by atoms with E-state index in [4.69, 9.17) is 0 Å². The number of benzene rings is 1. The third-order valence-corrected chi connectivity index (χ3v) is 4.95. The van der Waals surface area contributed by atoms with Crippen LogP contribution in [0, 0.1) is 11.2 Å². The highest BCUT2D eigenvalue weighted by atomic mass is 79.9. The molecule has 0 aromatic heterocycles. The second kappa shape index (κ2) is 6.13. The average Bonchev–Trinajstić information content (AvgIpc) is 2.49. The van der Waals surface area contributed by atoms with Crippen molar-refractivity contribution in [2.24, 2.45) is 5.41 Å². The predicted octanol–water partition coefficient (Wildman–Crippen LogP) is 3.31. The fraction of sp³-hybridized carbons (Fsp3) is 0.467. The average molecular weight is 358 g/mol. The van der Waals surface area contributed by atoms with E-state index in [1.165, 1.54) is 12.1 Å². The van der Waals surface area contributed by atoms with Gasteiger partial charge in [-0.25, -0.2) is 4.39 Å². The fourth-order valence-electron chi connectivity index (χ4n) is 2.67. The second-order valence-corrected chi connectivity index (χ2v) is 6.21. The number of amides is 1. The van der Waals surface area contributed by atoms with E-state index in [1.54, 1.807) is 11.0 Å². The summed E-state index contributed by atoms with van der Waals surface area (Å²) in [5.74, 6) is -1.53. The zero-order valence-corrected chi connectivity index (χ0v) is 13.3. The molecule has 0 unspecified atom stereocenters. The van der Waals surface area contributed by atoms with Crippen molar-refractivity contribution in [1.82, 2.24) is 4.90 Å². The van der Waals surface area contributed by atoms with Gasteiger partial charge in [-0.2, -0.15) is 0 Å². The van der Waals surface area contributed by atoms with E-state index in [0.717, 1.165) is 0 Å². The van der Waals surface area contributed by atoms with E-state index >= 15 is 0 Å². The molecule has 1 amide bonds. The van der Waals surface area contributed by atoms with Crippen LogP contribution in [0.5, 0.6) is 0 Å². The maximum Gasteiger partial charge on any atom is 0.309 e. The van der Waals surface area contributed by atoms with Crippen molar-refractivity contribution < 1.29 is 19.1 Å². The zero-order valence-electron chi connectivity index (χ0n) is 11.7. The zero-order chi connectivity index (χ0) is 15.6. The number of hydrogen-bond donors (Lipinski definition) is 1. The van der Waals surface area contributed by atoms with Crippen molar-refractivity contribution in [3.05, 3.63) is 34.1 Å². The molecule has 0 saturated carbocycles. The van der Waals surface area contributed by atoms with Crippen LogP contribution in [-0.4, -0.2) is 35.0 Å². The number of nitrogens with zero attached hydrogens (tertiary/aromatic N) is 1. The summed E-state index contributed by atoms with van der Waals surface area (Å²) in [4.78, 5) is 25.3. The summed E-state index contributed by atoms with van der Waals surface area (Å²) in [6.07, 6.45) is 1.42. The number of aliphatic carboxylic acids is 1. The highest BCUT2D eigenvalue weighted by molar-refractivity contribution is 9.10. The Morgan fingerprint density at radius 3 is 2.48 bits per heavy atom. The minimum atomic E-state index is -0.799. The van der Waals surface area contributed by atoms with Gasteiger partial charge in [0.2, 0.25) is 0 Å². The van der Waals surface area contributed by atoms with Crippen molar-refractivity contribution in [3.8, 4) is 0 Å². The molecule has 0 bridgehead atoms. The van der Waals surface area contributed by atoms with Gasteiger partial charge in [-0.05, 0) is 53.4 Å². The first-order chi connectivity index (χ1) is 9.89. The molecule has 1 fully saturated rings. The SMILES string of the molecule is CCC1(C(=O)O)CCN(C(=O)c2ccc(Br)c(F)c2)CC1. The summed E-state index contributed by atoms with van der Waals surface area (Å²) >= 11 is 3.05. The summed E-state index contributed by atoms with van der Waals surface area (Å²) in [6, 6.07) is 4.26. The summed E-state index contributed by atoms with van der Waals surface area (Å²) in [5.41, 5.74) is -0.447. The second-order valence-electron chi connectivity index (χ2n) is 5.36. The van der Waals surface area contributed by atoms with E-state index in [0.29, 0.717) is 36.8 Å². The molecule has 1 aromatic carbocycles. The first-order valence-electron chi connectivity index (χ1n) is 6.87. The number of halogens is 2. The van der Waals surface area contributed by atoms with Crippen molar-refractivity contribution in [2.75, 3.05) is 13.1 Å². The molecule has 114 valence electrons. The highest BCUT2D eigenvalue weighted by Crippen LogP contribution is 2.35. The number of hydrogen-bond acceptors (Lipinski definition) is 2. The molecule has 1 aliphatic heterocycles. The van der Waals surface area contributed by atoms with Crippen molar-refractivity contribution in [1.29, 1.82) is 0 Å². The molecule has 0 atom stereocenters. The van der Waals surface area contributed by atoms with Gasteiger partial charge in [-0.1, -0.05) is 6.92 Å². The molecule has 1 aromatic rings. The van der Waals surface area contributed by atoms with Crippen LogP contribution < -0.4 is 0 Å². The van der Waals surface area contributed by atoms with Crippen LogP contribution in [0.4, 0.5) is 4.39 Å². The Balaban J connectivity index is 2.09. The Hall–Kier alpha value is -1.43. The summed E-state index contributed by atoms with van der Waals surface area (Å²) in [6.45, 7) is 2.63. The van der Waals surface area contributed by atoms with Gasteiger partial charge in [0.05, 0.1) is 9.89 Å². The molecule has 1 N–H and O–H groups in total. The number of likely N-dealkylation sites (tertiary alicyclic amines) is 1. The maximum absolute atomic E-state index is 13.5. The highest BCUT2D eigenvalue weighted by Gasteiger charge is 2.40. The molecule has 2 rings (SSSR count). The number of piperidine rings is 1. The molecule has 0 aliphatic carbocycles. The standard InChI is InChI=1S/C15H17BrFNO3/c1-2-15(14(20)21)5-7-18(8-6-15)13(19)10-3-4-11(16)12(17)9-10/h3-4,9H,2,5-8H2,1H3,(H,20,21). The summed E-state index contributed by atoms with van der Waals surface area (Å²) < 4.78 is 13.8. The Bertz CT molecular complexity index is 568. The van der Waals surface area contributed by atoms with E-state index in [9.17, 15) is 19.1 Å². The molecule has 1 heterocycles. The van der Waals surface area contributed by atoms with Crippen LogP contribution in [0.1, 0.15) is 36.5 Å². The van der Waals surface area contributed by atoms with Crippen LogP contribution >= 0.6 is 15.9 Å². The smallest absolute Gasteiger partial charge is 0.309 e. The molecule has 0 spiro atoms. The van der Waals surface area contributed by atoms with E-state index in [-0.39, 0.29) is 11.5 Å². The van der Waals surface area contributed by atoms with Gasteiger partial charge in [-0.15, -0.1) is 0 Å². The first kappa shape index (κ1) is 15.9. The van der Waals surface area contributed by atoms with Gasteiger partial charge < -0.3 is 10.0 Å². The molecular weight excluding hydrogens is 341 g/mol. The maximum atomic E-state index is 13.5. The molecule has 1 saturated heterocycles. The van der Waals surface area contributed by atoms with E-state index in [1.807, 2.05) is 6.92 Å². The van der Waals surface area contributed by atoms with Crippen LogP contribution in [0.25, 0.3) is 0 Å². The van der Waals surface area contributed by atoms with E-state index < -0.39 is 17.2 Å². The third kappa shape index (κ3) is 3.10. The van der Waals surface area contributed by atoms with Gasteiger partial charge in [-0.3, -0.25) is 9.59 Å². The Kier molecular flexibility index (Phi) is 4.66. The molecule has 1 aliphatic rings. The predicted molar refractivity (Wildman–Crippen MR) is 79.6 cm³/mol. The van der Waals surface area contributed by atoms with E-state index in [2.05, 4.69) is 15.9 Å². The van der Waals surface area contributed by atoms with Crippen LogP contribution in [0.3, 0.4) is 0 Å². The molecule has 0 radical (unpaired) electrons. The van der Waals surface area contributed by atoms with Crippen molar-refractivity contribution in [3.63, 3.8) is 0 Å². The number of carboxylic acid groups (broad SMARTS) is 1. The third-order valence-electron chi connectivity index (χ3n) is 4.30. The number of carboxylic acids is 1.